The Bertz CT molecular complexity index is 161. The third-order valence-electron chi connectivity index (χ3n) is 2.36. The average molecular weight is 166 g/mol. The molecule has 0 saturated heterocycles. The first-order valence-electron chi connectivity index (χ1n) is 4.86. The summed E-state index contributed by atoms with van der Waals surface area (Å²) < 4.78 is 0. The van der Waals surface area contributed by atoms with Gasteiger partial charge in [-0.25, -0.2) is 0 Å². The largest absolute Gasteiger partial charge is 0.0877 e. The van der Waals surface area contributed by atoms with Crippen LogP contribution in [0.1, 0.15) is 41.0 Å². The molecule has 0 aromatic heterocycles. The quantitative estimate of drug-likeness (QED) is 0.549. The predicted molar refractivity (Wildman–Crippen MR) is 57.2 cm³/mol. The molecule has 1 atom stereocenters. The molecule has 0 bridgehead atoms. The summed E-state index contributed by atoms with van der Waals surface area (Å²) in [4.78, 5) is 0. The lowest BCUT2D eigenvalue weighted by molar-refractivity contribution is 0.416. The van der Waals surface area contributed by atoms with Crippen molar-refractivity contribution in [2.45, 2.75) is 41.0 Å². The molecule has 70 valence electrons. The fourth-order valence-electron chi connectivity index (χ4n) is 1.07. The Morgan fingerprint density at radius 2 is 1.83 bits per heavy atom. The molecule has 0 aromatic rings. The minimum Gasteiger partial charge on any atom is -0.0877 e. The second-order valence-electron chi connectivity index (χ2n) is 3.96. The van der Waals surface area contributed by atoms with Crippen molar-refractivity contribution in [2.75, 3.05) is 0 Å². The van der Waals surface area contributed by atoms with Crippen molar-refractivity contribution in [2.24, 2.45) is 11.8 Å². The van der Waals surface area contributed by atoms with E-state index in [4.69, 9.17) is 0 Å². The van der Waals surface area contributed by atoms with Crippen LogP contribution in [0.3, 0.4) is 0 Å². The van der Waals surface area contributed by atoms with Crippen LogP contribution in [0, 0.1) is 11.8 Å². The Morgan fingerprint density at radius 1 is 1.25 bits per heavy atom. The van der Waals surface area contributed by atoms with Crippen molar-refractivity contribution in [1.29, 1.82) is 0 Å². The molecule has 0 aromatic carbocycles. The highest BCUT2D eigenvalue weighted by Crippen LogP contribution is 2.18. The van der Waals surface area contributed by atoms with Crippen molar-refractivity contribution in [3.8, 4) is 0 Å². The maximum Gasteiger partial charge on any atom is -0.0292 e. The van der Waals surface area contributed by atoms with Crippen LogP contribution in [0.5, 0.6) is 0 Å². The molecule has 0 aliphatic carbocycles. The fourth-order valence-corrected chi connectivity index (χ4v) is 1.07. The van der Waals surface area contributed by atoms with Crippen LogP contribution >= 0.6 is 0 Å². The van der Waals surface area contributed by atoms with Crippen molar-refractivity contribution < 1.29 is 0 Å². The van der Waals surface area contributed by atoms with Crippen molar-refractivity contribution in [3.05, 3.63) is 23.8 Å². The number of hydrogen-bond acceptors (Lipinski definition) is 0. The van der Waals surface area contributed by atoms with Gasteiger partial charge in [0.1, 0.15) is 0 Å². The smallest absolute Gasteiger partial charge is 0.0292 e. The van der Waals surface area contributed by atoms with E-state index in [2.05, 4.69) is 52.8 Å². The Kier molecular flexibility index (Phi) is 5.79. The fraction of sp³-hybridized carbons (Fsp3) is 0.667. The molecule has 12 heavy (non-hydrogen) atoms. The van der Waals surface area contributed by atoms with Crippen molar-refractivity contribution in [1.82, 2.24) is 0 Å². The summed E-state index contributed by atoms with van der Waals surface area (Å²) in [6.45, 7) is 11.1. The zero-order chi connectivity index (χ0) is 9.56. The molecule has 1 unspecified atom stereocenters. The maximum absolute atomic E-state index is 2.32. The van der Waals surface area contributed by atoms with Crippen LogP contribution in [0.15, 0.2) is 23.8 Å². The molecule has 0 heteroatoms. The molecule has 0 radical (unpaired) electrons. The minimum atomic E-state index is 0.791. The Labute approximate surface area is 77.4 Å². The van der Waals surface area contributed by atoms with Gasteiger partial charge in [-0.3, -0.25) is 0 Å². The van der Waals surface area contributed by atoms with E-state index in [1.165, 1.54) is 12.0 Å². The van der Waals surface area contributed by atoms with Crippen LogP contribution in [0.2, 0.25) is 0 Å². The van der Waals surface area contributed by atoms with E-state index in [1.54, 1.807) is 0 Å². The summed E-state index contributed by atoms with van der Waals surface area (Å²) >= 11 is 0. The van der Waals surface area contributed by atoms with Crippen molar-refractivity contribution >= 4 is 0 Å². The van der Waals surface area contributed by atoms with E-state index >= 15 is 0 Å². The molecular formula is C12H22. The summed E-state index contributed by atoms with van der Waals surface area (Å²) in [7, 11) is 0. The van der Waals surface area contributed by atoms with Gasteiger partial charge in [0.15, 0.2) is 0 Å². The SMILES string of the molecule is CC=CC=C(C)CC(C)C(C)C. The molecule has 0 aliphatic rings. The van der Waals surface area contributed by atoms with E-state index in [0.29, 0.717) is 0 Å². The van der Waals surface area contributed by atoms with Gasteiger partial charge >= 0.3 is 0 Å². The lowest BCUT2D eigenvalue weighted by Gasteiger charge is -2.15. The normalized spacial score (nSPS) is 16.0. The first-order valence-corrected chi connectivity index (χ1v) is 4.86. The van der Waals surface area contributed by atoms with Gasteiger partial charge in [-0.2, -0.15) is 0 Å². The summed E-state index contributed by atoms with van der Waals surface area (Å²) in [5.74, 6) is 1.59. The molecule has 0 N–H and O–H groups in total. The third kappa shape index (κ3) is 5.17. The zero-order valence-electron chi connectivity index (χ0n) is 9.09. The second kappa shape index (κ2) is 6.05. The van der Waals surface area contributed by atoms with Gasteiger partial charge in [0.25, 0.3) is 0 Å². The molecule has 0 rings (SSSR count). The first kappa shape index (κ1) is 11.5. The summed E-state index contributed by atoms with van der Waals surface area (Å²) in [6, 6.07) is 0. The van der Waals surface area contributed by atoms with Gasteiger partial charge < -0.3 is 0 Å². The van der Waals surface area contributed by atoms with Crippen molar-refractivity contribution in [3.63, 3.8) is 0 Å². The summed E-state index contributed by atoms with van der Waals surface area (Å²) in [5, 5.41) is 0. The lowest BCUT2D eigenvalue weighted by Crippen LogP contribution is -2.03. The molecule has 0 heterocycles. The Morgan fingerprint density at radius 3 is 2.25 bits per heavy atom. The number of allylic oxidation sites excluding steroid dienone is 4. The van der Waals surface area contributed by atoms with Gasteiger partial charge in [0.2, 0.25) is 0 Å². The van der Waals surface area contributed by atoms with Crippen LogP contribution in [0.4, 0.5) is 0 Å². The molecule has 0 spiro atoms. The molecule has 0 nitrogen and oxygen atoms in total. The maximum atomic E-state index is 2.32. The van der Waals surface area contributed by atoms with Gasteiger partial charge in [-0.15, -0.1) is 0 Å². The predicted octanol–water partition coefficient (Wildman–Crippen LogP) is 4.19. The molecule has 0 aliphatic heterocycles. The first-order chi connectivity index (χ1) is 5.57. The zero-order valence-corrected chi connectivity index (χ0v) is 9.09. The van der Waals surface area contributed by atoms with Gasteiger partial charge in [0, 0.05) is 0 Å². The third-order valence-corrected chi connectivity index (χ3v) is 2.36. The Hall–Kier alpha value is -0.520. The Balaban J connectivity index is 3.91. The molecule has 0 saturated carbocycles. The highest BCUT2D eigenvalue weighted by Gasteiger charge is 2.06. The molecular weight excluding hydrogens is 144 g/mol. The highest BCUT2D eigenvalue weighted by atomic mass is 14.1. The van der Waals surface area contributed by atoms with E-state index in [9.17, 15) is 0 Å². The van der Waals surface area contributed by atoms with Crippen LogP contribution in [-0.2, 0) is 0 Å². The van der Waals surface area contributed by atoms with Crippen LogP contribution < -0.4 is 0 Å². The van der Waals surface area contributed by atoms with Gasteiger partial charge in [-0.1, -0.05) is 44.6 Å². The van der Waals surface area contributed by atoms with Crippen LogP contribution in [0.25, 0.3) is 0 Å². The monoisotopic (exact) mass is 166 g/mol. The van der Waals surface area contributed by atoms with Gasteiger partial charge in [-0.05, 0) is 32.1 Å². The second-order valence-corrected chi connectivity index (χ2v) is 3.96. The molecule has 0 amide bonds. The lowest BCUT2D eigenvalue weighted by atomic mass is 9.91. The van der Waals surface area contributed by atoms with Crippen LogP contribution in [-0.4, -0.2) is 0 Å². The van der Waals surface area contributed by atoms with E-state index in [-0.39, 0.29) is 0 Å². The number of rotatable bonds is 4. The van der Waals surface area contributed by atoms with E-state index < -0.39 is 0 Å². The molecule has 0 fully saturated rings. The van der Waals surface area contributed by atoms with Gasteiger partial charge in [0.05, 0.1) is 0 Å². The minimum absolute atomic E-state index is 0.791. The standard InChI is InChI=1S/C12H22/c1-6-7-8-11(4)9-12(5)10(2)3/h6-8,10,12H,9H2,1-5H3. The van der Waals surface area contributed by atoms with E-state index in [0.717, 1.165) is 11.8 Å². The highest BCUT2D eigenvalue weighted by molar-refractivity contribution is 5.10. The summed E-state index contributed by atoms with van der Waals surface area (Å²) in [5.41, 5.74) is 1.48. The summed E-state index contributed by atoms with van der Waals surface area (Å²) in [6.07, 6.45) is 7.62. The average Bonchev–Trinajstić information content (AvgIpc) is 2.00. The topological polar surface area (TPSA) is 0 Å². The number of hydrogen-bond donors (Lipinski definition) is 0. The van der Waals surface area contributed by atoms with E-state index in [1.807, 2.05) is 0 Å².